The lowest BCUT2D eigenvalue weighted by atomic mass is 10.2. The van der Waals surface area contributed by atoms with Gasteiger partial charge in [-0.25, -0.2) is 0 Å². The van der Waals surface area contributed by atoms with Gasteiger partial charge in [0, 0.05) is 28.1 Å². The van der Waals surface area contributed by atoms with E-state index in [1.165, 1.54) is 34.7 Å². The lowest BCUT2D eigenvalue weighted by Crippen LogP contribution is -2.16. The van der Waals surface area contributed by atoms with Crippen molar-refractivity contribution in [3.63, 3.8) is 0 Å². The minimum absolute atomic E-state index is 0.252. The van der Waals surface area contributed by atoms with Crippen molar-refractivity contribution in [2.75, 3.05) is 5.32 Å². The SMILES string of the molecule is FC(F)(F)Oc1ccc(Nc2n[nH]c3c2Cc2sccc2-3)cc1. The van der Waals surface area contributed by atoms with Gasteiger partial charge in [-0.3, -0.25) is 5.10 Å². The number of benzene rings is 1. The summed E-state index contributed by atoms with van der Waals surface area (Å²) in [5.74, 6) is 0.436. The molecule has 0 amide bonds. The average molecular weight is 337 g/mol. The van der Waals surface area contributed by atoms with Gasteiger partial charge >= 0.3 is 6.36 Å². The lowest BCUT2D eigenvalue weighted by Gasteiger charge is -2.10. The summed E-state index contributed by atoms with van der Waals surface area (Å²) < 4.78 is 40.3. The lowest BCUT2D eigenvalue weighted by molar-refractivity contribution is -0.274. The Kier molecular flexibility index (Phi) is 3.08. The van der Waals surface area contributed by atoms with Crippen LogP contribution in [0, 0.1) is 0 Å². The minimum Gasteiger partial charge on any atom is -0.406 e. The number of hydrogen-bond acceptors (Lipinski definition) is 4. The highest BCUT2D eigenvalue weighted by Gasteiger charge is 2.31. The zero-order valence-corrected chi connectivity index (χ0v) is 12.4. The number of halogens is 3. The number of alkyl halides is 3. The van der Waals surface area contributed by atoms with E-state index in [4.69, 9.17) is 0 Å². The van der Waals surface area contributed by atoms with Gasteiger partial charge in [0.1, 0.15) is 5.75 Å². The fourth-order valence-electron chi connectivity index (χ4n) is 2.60. The molecule has 118 valence electrons. The van der Waals surface area contributed by atoms with Crippen LogP contribution in [-0.4, -0.2) is 16.6 Å². The zero-order valence-electron chi connectivity index (χ0n) is 11.6. The van der Waals surface area contributed by atoms with E-state index in [2.05, 4.69) is 26.3 Å². The summed E-state index contributed by atoms with van der Waals surface area (Å²) in [6.45, 7) is 0. The first kappa shape index (κ1) is 14.1. The molecule has 1 aromatic carbocycles. The first-order valence-electron chi connectivity index (χ1n) is 6.76. The van der Waals surface area contributed by atoms with Crippen LogP contribution in [0.3, 0.4) is 0 Å². The molecule has 2 heterocycles. The fraction of sp³-hybridized carbons (Fsp3) is 0.133. The van der Waals surface area contributed by atoms with Crippen LogP contribution in [0.25, 0.3) is 11.3 Å². The standard InChI is InChI=1S/C15H10F3N3OS/c16-15(17,18)22-9-3-1-8(2-4-9)19-14-11-7-12-10(5-6-23-12)13(11)20-21-14/h1-6H,7H2,(H2,19,20,21). The Morgan fingerprint density at radius 2 is 1.96 bits per heavy atom. The number of fused-ring (bicyclic) bond motifs is 3. The van der Waals surface area contributed by atoms with Crippen molar-refractivity contribution in [2.24, 2.45) is 0 Å². The number of aromatic amines is 1. The third kappa shape index (κ3) is 2.65. The van der Waals surface area contributed by atoms with Crippen LogP contribution in [0.4, 0.5) is 24.7 Å². The van der Waals surface area contributed by atoms with Gasteiger partial charge in [-0.15, -0.1) is 24.5 Å². The molecule has 4 nitrogen and oxygen atoms in total. The fourth-order valence-corrected chi connectivity index (χ4v) is 3.49. The molecule has 2 N–H and O–H groups in total. The first-order chi connectivity index (χ1) is 11.0. The van der Waals surface area contributed by atoms with Crippen molar-refractivity contribution in [2.45, 2.75) is 12.8 Å². The number of anilines is 2. The van der Waals surface area contributed by atoms with E-state index >= 15 is 0 Å². The van der Waals surface area contributed by atoms with E-state index in [9.17, 15) is 13.2 Å². The number of aromatic nitrogens is 2. The predicted octanol–water partition coefficient (Wildman–Crippen LogP) is 4.68. The maximum Gasteiger partial charge on any atom is 0.573 e. The summed E-state index contributed by atoms with van der Waals surface area (Å²) in [6, 6.07) is 7.62. The second-order valence-corrected chi connectivity index (χ2v) is 6.06. The van der Waals surface area contributed by atoms with Crippen LogP contribution in [0.15, 0.2) is 35.7 Å². The average Bonchev–Trinajstić information content (AvgIpc) is 3.13. The molecule has 0 spiro atoms. The molecule has 1 aliphatic carbocycles. The van der Waals surface area contributed by atoms with Crippen LogP contribution in [-0.2, 0) is 6.42 Å². The van der Waals surface area contributed by atoms with Gasteiger partial charge in [-0.1, -0.05) is 0 Å². The predicted molar refractivity (Wildman–Crippen MR) is 81.1 cm³/mol. The normalized spacial score (nSPS) is 12.8. The Labute approximate surface area is 132 Å². The largest absolute Gasteiger partial charge is 0.573 e. The van der Waals surface area contributed by atoms with Crippen molar-refractivity contribution in [1.82, 2.24) is 10.2 Å². The van der Waals surface area contributed by atoms with Gasteiger partial charge in [-0.05, 0) is 35.7 Å². The topological polar surface area (TPSA) is 49.9 Å². The minimum atomic E-state index is -4.69. The highest BCUT2D eigenvalue weighted by molar-refractivity contribution is 7.10. The summed E-state index contributed by atoms with van der Waals surface area (Å²) in [7, 11) is 0. The van der Waals surface area contributed by atoms with E-state index in [-0.39, 0.29) is 5.75 Å². The molecule has 0 aliphatic heterocycles. The number of rotatable bonds is 3. The van der Waals surface area contributed by atoms with Crippen molar-refractivity contribution in [3.8, 4) is 17.0 Å². The monoisotopic (exact) mass is 337 g/mol. The van der Waals surface area contributed by atoms with E-state index < -0.39 is 6.36 Å². The summed E-state index contributed by atoms with van der Waals surface area (Å²) in [4.78, 5) is 1.28. The van der Waals surface area contributed by atoms with E-state index in [0.29, 0.717) is 11.5 Å². The van der Waals surface area contributed by atoms with Gasteiger partial charge in [0.2, 0.25) is 0 Å². The van der Waals surface area contributed by atoms with E-state index in [0.717, 1.165) is 17.7 Å². The summed E-state index contributed by atoms with van der Waals surface area (Å²) in [5, 5.41) is 12.4. The first-order valence-corrected chi connectivity index (χ1v) is 7.64. The number of nitrogens with one attached hydrogen (secondary N) is 2. The maximum absolute atomic E-state index is 12.1. The Balaban J connectivity index is 1.53. The molecule has 0 radical (unpaired) electrons. The molecule has 1 aliphatic rings. The van der Waals surface area contributed by atoms with E-state index in [1.54, 1.807) is 11.3 Å². The van der Waals surface area contributed by atoms with Crippen LogP contribution in [0.2, 0.25) is 0 Å². The highest BCUT2D eigenvalue weighted by atomic mass is 32.1. The molecule has 0 bridgehead atoms. The summed E-state index contributed by atoms with van der Waals surface area (Å²) in [6.07, 6.45) is -3.88. The number of ether oxygens (including phenoxy) is 1. The molecule has 0 fully saturated rings. The third-order valence-corrected chi connectivity index (χ3v) is 4.49. The summed E-state index contributed by atoms with van der Waals surface area (Å²) >= 11 is 1.70. The quantitative estimate of drug-likeness (QED) is 0.570. The molecule has 4 rings (SSSR count). The summed E-state index contributed by atoms with van der Waals surface area (Å²) in [5.41, 5.74) is 3.88. The number of hydrogen-bond donors (Lipinski definition) is 2. The number of thiophene rings is 1. The van der Waals surface area contributed by atoms with Crippen molar-refractivity contribution in [3.05, 3.63) is 46.2 Å². The van der Waals surface area contributed by atoms with Crippen LogP contribution in [0.5, 0.6) is 5.75 Å². The molecule has 23 heavy (non-hydrogen) atoms. The Bertz CT molecular complexity index is 852. The molecule has 0 saturated heterocycles. The molecule has 0 unspecified atom stereocenters. The van der Waals surface area contributed by atoms with Gasteiger partial charge in [-0.2, -0.15) is 5.10 Å². The number of nitrogens with zero attached hydrogens (tertiary/aromatic N) is 1. The van der Waals surface area contributed by atoms with Crippen LogP contribution >= 0.6 is 11.3 Å². The highest BCUT2D eigenvalue weighted by Crippen LogP contribution is 2.42. The van der Waals surface area contributed by atoms with Crippen molar-refractivity contribution < 1.29 is 17.9 Å². The molecule has 2 aromatic heterocycles. The van der Waals surface area contributed by atoms with Gasteiger partial charge in [0.15, 0.2) is 5.82 Å². The van der Waals surface area contributed by atoms with Gasteiger partial charge < -0.3 is 10.1 Å². The van der Waals surface area contributed by atoms with E-state index in [1.807, 2.05) is 5.38 Å². The Hall–Kier alpha value is -2.48. The molecule has 3 aromatic rings. The molecular formula is C15H10F3N3OS. The molecule has 0 saturated carbocycles. The van der Waals surface area contributed by atoms with Gasteiger partial charge in [0.25, 0.3) is 0 Å². The van der Waals surface area contributed by atoms with Crippen molar-refractivity contribution in [1.29, 1.82) is 0 Å². The zero-order chi connectivity index (χ0) is 16.0. The molecule has 0 atom stereocenters. The molecular weight excluding hydrogens is 327 g/mol. The number of H-pyrrole nitrogens is 1. The van der Waals surface area contributed by atoms with Crippen LogP contribution in [0.1, 0.15) is 10.4 Å². The van der Waals surface area contributed by atoms with Crippen molar-refractivity contribution >= 4 is 22.8 Å². The Morgan fingerprint density at radius 1 is 1.17 bits per heavy atom. The smallest absolute Gasteiger partial charge is 0.406 e. The maximum atomic E-state index is 12.1. The Morgan fingerprint density at radius 3 is 2.70 bits per heavy atom. The van der Waals surface area contributed by atoms with Crippen LogP contribution < -0.4 is 10.1 Å². The van der Waals surface area contributed by atoms with Gasteiger partial charge in [0.05, 0.1) is 5.69 Å². The third-order valence-electron chi connectivity index (χ3n) is 3.57. The molecule has 8 heteroatoms. The second kappa shape index (κ2) is 5.02. The second-order valence-electron chi connectivity index (χ2n) is 5.06.